The van der Waals surface area contributed by atoms with Gasteiger partial charge in [0.1, 0.15) is 0 Å². The van der Waals surface area contributed by atoms with Crippen LogP contribution in [0, 0.1) is 11.3 Å². The normalized spacial score (nSPS) is 9.75. The molecule has 1 aromatic carbocycles. The van der Waals surface area contributed by atoms with Crippen LogP contribution in [0.15, 0.2) is 29.1 Å². The van der Waals surface area contributed by atoms with Gasteiger partial charge in [-0.1, -0.05) is 16.8 Å². The Bertz CT molecular complexity index is 518. The first kappa shape index (κ1) is 10.5. The van der Waals surface area contributed by atoms with Crippen LogP contribution in [0.1, 0.15) is 11.4 Å². The van der Waals surface area contributed by atoms with Crippen molar-refractivity contribution in [3.63, 3.8) is 0 Å². The van der Waals surface area contributed by atoms with Crippen LogP contribution in [0.4, 0.5) is 5.69 Å². The summed E-state index contributed by atoms with van der Waals surface area (Å²) >= 11 is 5.97. The minimum absolute atomic E-state index is 0.419. The maximum atomic E-state index is 8.67. The number of rotatable bonds is 3. The topological polar surface area (TPSA) is 74.7 Å². The Morgan fingerprint density at radius 1 is 1.50 bits per heavy atom. The van der Waals surface area contributed by atoms with Gasteiger partial charge in [-0.2, -0.15) is 10.2 Å². The van der Waals surface area contributed by atoms with Crippen molar-refractivity contribution >= 4 is 17.3 Å². The second kappa shape index (κ2) is 4.64. The number of nitriles is 1. The van der Waals surface area contributed by atoms with Crippen molar-refractivity contribution < 1.29 is 4.52 Å². The fourth-order valence-corrected chi connectivity index (χ4v) is 1.42. The summed E-state index contributed by atoms with van der Waals surface area (Å²) in [5, 5.41) is 15.9. The molecule has 0 aliphatic rings. The summed E-state index contributed by atoms with van der Waals surface area (Å²) < 4.78 is 4.59. The van der Waals surface area contributed by atoms with Crippen molar-refractivity contribution in [1.29, 1.82) is 5.26 Å². The average molecular weight is 235 g/mol. The minimum atomic E-state index is 0.419. The highest BCUT2D eigenvalue weighted by Crippen LogP contribution is 2.22. The van der Waals surface area contributed by atoms with Crippen LogP contribution in [0.25, 0.3) is 0 Å². The Morgan fingerprint density at radius 3 is 3.00 bits per heavy atom. The number of hydrogen-bond acceptors (Lipinski definition) is 5. The van der Waals surface area contributed by atoms with E-state index in [0.29, 0.717) is 23.0 Å². The summed E-state index contributed by atoms with van der Waals surface area (Å²) in [5.74, 6) is 0.542. The van der Waals surface area contributed by atoms with Crippen molar-refractivity contribution in [1.82, 2.24) is 10.1 Å². The van der Waals surface area contributed by atoms with Gasteiger partial charge in [0.15, 0.2) is 5.82 Å². The molecule has 0 atom stereocenters. The molecule has 0 fully saturated rings. The van der Waals surface area contributed by atoms with Gasteiger partial charge in [-0.15, -0.1) is 0 Å². The summed E-state index contributed by atoms with van der Waals surface area (Å²) in [5.41, 5.74) is 1.25. The highest BCUT2D eigenvalue weighted by atomic mass is 35.5. The third kappa shape index (κ3) is 2.30. The standard InChI is InChI=1S/C10H7ClN4O/c11-8-3-7(4-12)1-2-9(8)13-5-10-14-6-16-15-10/h1-3,6,13H,5H2. The zero-order valence-electron chi connectivity index (χ0n) is 8.14. The molecular formula is C10H7ClN4O. The Hall–Kier alpha value is -2.06. The number of benzene rings is 1. The fraction of sp³-hybridized carbons (Fsp3) is 0.100. The monoisotopic (exact) mass is 234 g/mol. The molecule has 2 rings (SSSR count). The van der Waals surface area contributed by atoms with Crippen molar-refractivity contribution in [2.45, 2.75) is 6.54 Å². The molecule has 1 N–H and O–H groups in total. The molecule has 0 aliphatic heterocycles. The largest absolute Gasteiger partial charge is 0.376 e. The summed E-state index contributed by atoms with van der Waals surface area (Å²) in [4.78, 5) is 3.86. The van der Waals surface area contributed by atoms with Gasteiger partial charge in [-0.05, 0) is 18.2 Å². The number of nitrogens with zero attached hydrogens (tertiary/aromatic N) is 3. The quantitative estimate of drug-likeness (QED) is 0.881. The predicted octanol–water partition coefficient (Wildman–Crippen LogP) is 2.21. The van der Waals surface area contributed by atoms with Crippen LogP contribution < -0.4 is 5.32 Å². The molecule has 0 amide bonds. The van der Waals surface area contributed by atoms with E-state index in [1.807, 2.05) is 6.07 Å². The highest BCUT2D eigenvalue weighted by molar-refractivity contribution is 6.33. The van der Waals surface area contributed by atoms with Gasteiger partial charge in [-0.3, -0.25) is 0 Å². The molecule has 0 unspecified atom stereocenters. The second-order valence-electron chi connectivity index (χ2n) is 3.01. The molecule has 5 nitrogen and oxygen atoms in total. The van der Waals surface area contributed by atoms with Crippen molar-refractivity contribution in [2.75, 3.05) is 5.32 Å². The Kier molecular flexibility index (Phi) is 3.03. The Balaban J connectivity index is 2.08. The molecule has 0 radical (unpaired) electrons. The van der Waals surface area contributed by atoms with E-state index in [-0.39, 0.29) is 0 Å². The van der Waals surface area contributed by atoms with Gasteiger partial charge in [0.05, 0.1) is 28.9 Å². The molecule has 16 heavy (non-hydrogen) atoms. The second-order valence-corrected chi connectivity index (χ2v) is 3.41. The lowest BCUT2D eigenvalue weighted by Crippen LogP contribution is -2.01. The highest BCUT2D eigenvalue weighted by Gasteiger charge is 2.03. The number of hydrogen-bond donors (Lipinski definition) is 1. The Labute approximate surface area is 96.6 Å². The number of halogens is 1. The molecule has 0 spiro atoms. The molecule has 0 saturated carbocycles. The molecule has 0 saturated heterocycles. The van der Waals surface area contributed by atoms with E-state index in [2.05, 4.69) is 20.0 Å². The van der Waals surface area contributed by atoms with Gasteiger partial charge in [-0.25, -0.2) is 0 Å². The van der Waals surface area contributed by atoms with E-state index in [0.717, 1.165) is 5.69 Å². The molecule has 1 heterocycles. The predicted molar refractivity (Wildman–Crippen MR) is 57.8 cm³/mol. The number of anilines is 1. The van der Waals surface area contributed by atoms with Crippen molar-refractivity contribution in [2.24, 2.45) is 0 Å². The Morgan fingerprint density at radius 2 is 2.38 bits per heavy atom. The lowest BCUT2D eigenvalue weighted by Gasteiger charge is -2.05. The first-order valence-electron chi connectivity index (χ1n) is 4.48. The first-order valence-corrected chi connectivity index (χ1v) is 4.86. The van der Waals surface area contributed by atoms with Gasteiger partial charge in [0.25, 0.3) is 0 Å². The molecule has 0 aliphatic carbocycles. The van der Waals surface area contributed by atoms with Crippen LogP contribution in [0.2, 0.25) is 5.02 Å². The lowest BCUT2D eigenvalue weighted by atomic mass is 10.2. The van der Waals surface area contributed by atoms with Crippen LogP contribution in [0.3, 0.4) is 0 Å². The van der Waals surface area contributed by atoms with Gasteiger partial charge in [0, 0.05) is 0 Å². The number of aromatic nitrogens is 2. The maximum Gasteiger partial charge on any atom is 0.213 e. The summed E-state index contributed by atoms with van der Waals surface area (Å²) in [7, 11) is 0. The van der Waals surface area contributed by atoms with E-state index in [1.54, 1.807) is 18.2 Å². The molecule has 6 heteroatoms. The average Bonchev–Trinajstić information content (AvgIpc) is 2.80. The molecule has 80 valence electrons. The van der Waals surface area contributed by atoms with Crippen LogP contribution in [0.5, 0.6) is 0 Å². The summed E-state index contributed by atoms with van der Waals surface area (Å²) in [6, 6.07) is 7.03. The molecule has 2 aromatic rings. The first-order chi connectivity index (χ1) is 7.79. The summed E-state index contributed by atoms with van der Waals surface area (Å²) in [6.07, 6.45) is 1.26. The SMILES string of the molecule is N#Cc1ccc(NCc2ncon2)c(Cl)c1. The van der Waals surface area contributed by atoms with E-state index < -0.39 is 0 Å². The number of nitrogens with one attached hydrogen (secondary N) is 1. The maximum absolute atomic E-state index is 8.67. The molecule has 0 bridgehead atoms. The van der Waals surface area contributed by atoms with E-state index >= 15 is 0 Å². The van der Waals surface area contributed by atoms with E-state index in [9.17, 15) is 0 Å². The molecule has 1 aromatic heterocycles. The fourth-order valence-electron chi connectivity index (χ4n) is 1.17. The molecular weight excluding hydrogens is 228 g/mol. The van der Waals surface area contributed by atoms with Gasteiger partial charge < -0.3 is 9.84 Å². The third-order valence-corrected chi connectivity index (χ3v) is 2.25. The van der Waals surface area contributed by atoms with Crippen molar-refractivity contribution in [3.8, 4) is 6.07 Å². The lowest BCUT2D eigenvalue weighted by molar-refractivity contribution is 0.411. The summed E-state index contributed by atoms with van der Waals surface area (Å²) in [6.45, 7) is 0.419. The van der Waals surface area contributed by atoms with Crippen LogP contribution >= 0.6 is 11.6 Å². The third-order valence-electron chi connectivity index (χ3n) is 1.94. The zero-order chi connectivity index (χ0) is 11.4. The van der Waals surface area contributed by atoms with Crippen molar-refractivity contribution in [3.05, 3.63) is 41.0 Å². The van der Waals surface area contributed by atoms with Crippen LogP contribution in [-0.2, 0) is 6.54 Å². The zero-order valence-corrected chi connectivity index (χ0v) is 8.90. The van der Waals surface area contributed by atoms with Gasteiger partial charge in [0.2, 0.25) is 6.39 Å². The van der Waals surface area contributed by atoms with Crippen LogP contribution in [-0.4, -0.2) is 10.1 Å². The smallest absolute Gasteiger partial charge is 0.213 e. The van der Waals surface area contributed by atoms with E-state index in [4.69, 9.17) is 16.9 Å². The van der Waals surface area contributed by atoms with Gasteiger partial charge >= 0.3 is 0 Å². The van der Waals surface area contributed by atoms with E-state index in [1.165, 1.54) is 6.39 Å². The minimum Gasteiger partial charge on any atom is -0.376 e.